The summed E-state index contributed by atoms with van der Waals surface area (Å²) < 4.78 is 0.834. The summed E-state index contributed by atoms with van der Waals surface area (Å²) >= 11 is 3.37. The zero-order chi connectivity index (χ0) is 14.0. The average Bonchev–Trinajstić information content (AvgIpc) is 2.48. The van der Waals surface area contributed by atoms with E-state index in [1.54, 1.807) is 17.0 Å². The molecule has 19 heavy (non-hydrogen) atoms. The van der Waals surface area contributed by atoms with Crippen LogP contribution >= 0.6 is 15.9 Å². The molecule has 1 aromatic rings. The van der Waals surface area contributed by atoms with Crippen LogP contribution < -0.4 is 5.32 Å². The van der Waals surface area contributed by atoms with E-state index >= 15 is 0 Å². The van der Waals surface area contributed by atoms with Crippen molar-refractivity contribution in [2.45, 2.75) is 32.7 Å². The Morgan fingerprint density at radius 2 is 2.05 bits per heavy atom. The number of halogens is 1. The van der Waals surface area contributed by atoms with Gasteiger partial charge in [-0.15, -0.1) is 0 Å². The second-order valence-corrected chi connectivity index (χ2v) is 5.52. The molecular weight excluding hydrogens is 308 g/mol. The van der Waals surface area contributed by atoms with Gasteiger partial charge in [0.25, 0.3) is 5.91 Å². The van der Waals surface area contributed by atoms with Crippen molar-refractivity contribution in [2.75, 3.05) is 11.9 Å². The predicted octanol–water partition coefficient (Wildman–Crippen LogP) is 3.03. The number of nitrogens with zero attached hydrogens (tertiary/aromatic N) is 1. The molecule has 2 amide bonds. The SMILES string of the molecule is CCCN1C(=O)c2cc(Br)ccc2NC(=O)C1CC. The average molecular weight is 325 g/mol. The van der Waals surface area contributed by atoms with Crippen LogP contribution in [0.4, 0.5) is 5.69 Å². The van der Waals surface area contributed by atoms with Crippen LogP contribution in [0.1, 0.15) is 37.0 Å². The molecule has 102 valence electrons. The Labute approximate surface area is 121 Å². The summed E-state index contributed by atoms with van der Waals surface area (Å²) in [7, 11) is 0. The van der Waals surface area contributed by atoms with Crippen LogP contribution in [0.3, 0.4) is 0 Å². The third-order valence-electron chi connectivity index (χ3n) is 3.26. The Kier molecular flexibility index (Phi) is 4.24. The Morgan fingerprint density at radius 3 is 2.68 bits per heavy atom. The number of nitrogens with one attached hydrogen (secondary N) is 1. The fourth-order valence-electron chi connectivity index (χ4n) is 2.36. The maximum absolute atomic E-state index is 12.6. The van der Waals surface area contributed by atoms with Gasteiger partial charge in [-0.2, -0.15) is 0 Å². The van der Waals surface area contributed by atoms with Gasteiger partial charge in [0.05, 0.1) is 11.3 Å². The smallest absolute Gasteiger partial charge is 0.256 e. The van der Waals surface area contributed by atoms with Crippen LogP contribution in [0, 0.1) is 0 Å². The second kappa shape index (κ2) is 5.74. The first kappa shape index (κ1) is 14.1. The lowest BCUT2D eigenvalue weighted by Crippen LogP contribution is -2.45. The lowest BCUT2D eigenvalue weighted by molar-refractivity contribution is -0.120. The standard InChI is InChI=1S/C14H17BrN2O2/c1-3-7-17-12(4-2)13(18)16-11-6-5-9(15)8-10(11)14(17)19/h5-6,8,12H,3-4,7H2,1-2H3,(H,16,18). The highest BCUT2D eigenvalue weighted by Gasteiger charge is 2.33. The number of carbonyl (C=O) groups is 2. The first-order valence-electron chi connectivity index (χ1n) is 6.49. The van der Waals surface area contributed by atoms with Crippen molar-refractivity contribution in [3.8, 4) is 0 Å². The summed E-state index contributed by atoms with van der Waals surface area (Å²) in [6.07, 6.45) is 1.45. The first-order chi connectivity index (χ1) is 9.08. The van der Waals surface area contributed by atoms with Crippen LogP contribution in [-0.4, -0.2) is 29.3 Å². The van der Waals surface area contributed by atoms with Crippen LogP contribution in [0.15, 0.2) is 22.7 Å². The highest BCUT2D eigenvalue weighted by atomic mass is 79.9. The van der Waals surface area contributed by atoms with Crippen molar-refractivity contribution in [3.05, 3.63) is 28.2 Å². The number of hydrogen-bond acceptors (Lipinski definition) is 2. The summed E-state index contributed by atoms with van der Waals surface area (Å²) in [5.41, 5.74) is 1.14. The molecular formula is C14H17BrN2O2. The highest BCUT2D eigenvalue weighted by Crippen LogP contribution is 2.27. The minimum Gasteiger partial charge on any atom is -0.327 e. The fourth-order valence-corrected chi connectivity index (χ4v) is 2.72. The minimum absolute atomic E-state index is 0.0802. The molecule has 0 bridgehead atoms. The van der Waals surface area contributed by atoms with Gasteiger partial charge in [0.1, 0.15) is 6.04 Å². The summed E-state index contributed by atoms with van der Waals surface area (Å²) in [6, 6.07) is 4.96. The van der Waals surface area contributed by atoms with Gasteiger partial charge in [-0.25, -0.2) is 0 Å². The summed E-state index contributed by atoms with van der Waals surface area (Å²) in [6.45, 7) is 4.52. The number of benzene rings is 1. The molecule has 0 fully saturated rings. The number of carbonyl (C=O) groups excluding carboxylic acids is 2. The Bertz CT molecular complexity index is 516. The third kappa shape index (κ3) is 2.66. The Morgan fingerprint density at radius 1 is 1.32 bits per heavy atom. The van der Waals surface area contributed by atoms with E-state index < -0.39 is 6.04 Å². The van der Waals surface area contributed by atoms with Gasteiger partial charge in [-0.1, -0.05) is 29.8 Å². The van der Waals surface area contributed by atoms with Gasteiger partial charge in [-0.3, -0.25) is 9.59 Å². The minimum atomic E-state index is -0.390. The van der Waals surface area contributed by atoms with Gasteiger partial charge in [0.2, 0.25) is 5.91 Å². The molecule has 1 atom stereocenters. The normalized spacial score (nSPS) is 18.9. The second-order valence-electron chi connectivity index (χ2n) is 4.60. The number of fused-ring (bicyclic) bond motifs is 1. The number of hydrogen-bond donors (Lipinski definition) is 1. The maximum Gasteiger partial charge on any atom is 0.256 e. The van der Waals surface area contributed by atoms with E-state index in [2.05, 4.69) is 21.2 Å². The van der Waals surface area contributed by atoms with Crippen molar-refractivity contribution in [1.82, 2.24) is 4.90 Å². The topological polar surface area (TPSA) is 49.4 Å². The van der Waals surface area contributed by atoms with Gasteiger partial charge in [-0.05, 0) is 31.0 Å². The van der Waals surface area contributed by atoms with Gasteiger partial charge >= 0.3 is 0 Å². The molecule has 0 aromatic heterocycles. The molecule has 0 saturated carbocycles. The molecule has 1 aromatic carbocycles. The zero-order valence-electron chi connectivity index (χ0n) is 11.1. The summed E-state index contributed by atoms with van der Waals surface area (Å²) in [5, 5.41) is 2.85. The first-order valence-corrected chi connectivity index (χ1v) is 7.29. The van der Waals surface area contributed by atoms with Crippen molar-refractivity contribution in [2.24, 2.45) is 0 Å². The molecule has 0 spiro atoms. The number of amides is 2. The fraction of sp³-hybridized carbons (Fsp3) is 0.429. The van der Waals surface area contributed by atoms with E-state index in [1.165, 1.54) is 0 Å². The quantitative estimate of drug-likeness (QED) is 0.929. The van der Waals surface area contributed by atoms with Gasteiger partial charge < -0.3 is 10.2 Å². The molecule has 0 saturated heterocycles. The Balaban J connectivity index is 2.50. The van der Waals surface area contributed by atoms with E-state index in [-0.39, 0.29) is 11.8 Å². The summed E-state index contributed by atoms with van der Waals surface area (Å²) in [4.78, 5) is 26.5. The highest BCUT2D eigenvalue weighted by molar-refractivity contribution is 9.10. The predicted molar refractivity (Wildman–Crippen MR) is 78.2 cm³/mol. The Hall–Kier alpha value is -1.36. The molecule has 1 N–H and O–H groups in total. The van der Waals surface area contributed by atoms with E-state index in [0.29, 0.717) is 24.2 Å². The van der Waals surface area contributed by atoms with E-state index in [0.717, 1.165) is 10.9 Å². The van der Waals surface area contributed by atoms with Crippen molar-refractivity contribution in [3.63, 3.8) is 0 Å². The van der Waals surface area contributed by atoms with E-state index in [4.69, 9.17) is 0 Å². The van der Waals surface area contributed by atoms with Crippen molar-refractivity contribution < 1.29 is 9.59 Å². The monoisotopic (exact) mass is 324 g/mol. The summed E-state index contributed by atoms with van der Waals surface area (Å²) in [5.74, 6) is -0.186. The van der Waals surface area contributed by atoms with Crippen LogP contribution in [0.5, 0.6) is 0 Å². The lowest BCUT2D eigenvalue weighted by atomic mass is 10.1. The molecule has 4 nitrogen and oxygen atoms in total. The van der Waals surface area contributed by atoms with Gasteiger partial charge in [0.15, 0.2) is 0 Å². The molecule has 0 aliphatic carbocycles. The molecule has 0 radical (unpaired) electrons. The van der Waals surface area contributed by atoms with Crippen LogP contribution in [-0.2, 0) is 4.79 Å². The number of rotatable bonds is 3. The number of anilines is 1. The third-order valence-corrected chi connectivity index (χ3v) is 3.75. The molecule has 2 rings (SSSR count). The maximum atomic E-state index is 12.6. The van der Waals surface area contributed by atoms with Crippen LogP contribution in [0.25, 0.3) is 0 Å². The van der Waals surface area contributed by atoms with Crippen LogP contribution in [0.2, 0.25) is 0 Å². The molecule has 1 heterocycles. The molecule has 5 heteroatoms. The van der Waals surface area contributed by atoms with Crippen molar-refractivity contribution in [1.29, 1.82) is 0 Å². The lowest BCUT2D eigenvalue weighted by Gasteiger charge is -2.27. The largest absolute Gasteiger partial charge is 0.327 e. The molecule has 1 unspecified atom stereocenters. The van der Waals surface area contributed by atoms with Gasteiger partial charge in [0, 0.05) is 11.0 Å². The zero-order valence-corrected chi connectivity index (χ0v) is 12.7. The van der Waals surface area contributed by atoms with E-state index in [9.17, 15) is 9.59 Å². The molecule has 1 aliphatic heterocycles. The molecule has 1 aliphatic rings. The van der Waals surface area contributed by atoms with E-state index in [1.807, 2.05) is 19.9 Å². The van der Waals surface area contributed by atoms with Crippen molar-refractivity contribution >= 4 is 33.4 Å².